The molecule has 0 saturated heterocycles. The van der Waals surface area contributed by atoms with E-state index in [1.807, 2.05) is 0 Å². The van der Waals surface area contributed by atoms with Crippen LogP contribution in [0.15, 0.2) is 188 Å². The van der Waals surface area contributed by atoms with Crippen LogP contribution in [0.1, 0.15) is 25.0 Å². The topological polar surface area (TPSA) is 0 Å². The van der Waals surface area contributed by atoms with E-state index in [2.05, 4.69) is 208 Å². The average molecular weight is 878 g/mol. The van der Waals surface area contributed by atoms with E-state index in [1.54, 1.807) is 0 Å². The van der Waals surface area contributed by atoms with Gasteiger partial charge in [-0.3, -0.25) is 0 Å². The molecule has 294 valence electrons. The maximum atomic E-state index is 2.63. The second-order valence-corrected chi connectivity index (χ2v) is 20.1. The van der Waals surface area contributed by atoms with Crippen molar-refractivity contribution in [3.8, 4) is 22.3 Å². The van der Waals surface area contributed by atoms with E-state index >= 15 is 0 Å². The molecule has 0 saturated carbocycles. The number of aryl methyl sites for hydroxylation is 2. The molecule has 0 aliphatic carbocycles. The fraction of sp³-hybridized carbons (Fsp3) is 0.0847. The average Bonchev–Trinajstić information content (AvgIpc) is 3.87. The minimum atomic E-state index is -2.78. The van der Waals surface area contributed by atoms with Gasteiger partial charge in [-0.15, -0.1) is 80.2 Å². The molecule has 0 radical (unpaired) electrons. The molecule has 0 spiro atoms. The van der Waals surface area contributed by atoms with E-state index in [-0.39, 0.29) is 41.1 Å². The van der Waals surface area contributed by atoms with Gasteiger partial charge in [0.1, 0.15) is 8.07 Å². The van der Waals surface area contributed by atoms with Crippen LogP contribution in [0.4, 0.5) is 0 Å². The molecule has 11 aromatic carbocycles. The van der Waals surface area contributed by atoms with Gasteiger partial charge >= 0.3 is 26.2 Å². The maximum absolute atomic E-state index is 2.78. The van der Waals surface area contributed by atoms with Crippen LogP contribution in [-0.4, -0.2) is 8.07 Å². The van der Waals surface area contributed by atoms with Crippen LogP contribution in [0, 0.1) is 14.9 Å². The normalized spacial score (nSPS) is 11.6. The molecule has 2 heteroatoms. The van der Waals surface area contributed by atoms with Gasteiger partial charge in [0.25, 0.3) is 0 Å². The van der Waals surface area contributed by atoms with Crippen molar-refractivity contribution >= 4 is 88.3 Å². The Morgan fingerprint density at radius 3 is 1.25 bits per heavy atom. The molecular formula is C59H50SiZr. The van der Waals surface area contributed by atoms with Crippen molar-refractivity contribution in [3.05, 3.63) is 214 Å². The monoisotopic (exact) mass is 876 g/mol. The summed E-state index contributed by atoms with van der Waals surface area (Å²) in [6, 6.07) is 71.6. The van der Waals surface area contributed by atoms with Gasteiger partial charge in [0, 0.05) is 0 Å². The molecule has 0 fully saturated rings. The molecule has 0 N–H and O–H groups in total. The Morgan fingerprint density at radius 1 is 0.393 bits per heavy atom. The summed E-state index contributed by atoms with van der Waals surface area (Å²) < 4.78 is 0. The van der Waals surface area contributed by atoms with Crippen LogP contribution >= 0.6 is 0 Å². The predicted octanol–water partition coefficient (Wildman–Crippen LogP) is 14.5. The Morgan fingerprint density at radius 2 is 0.787 bits per heavy atom. The summed E-state index contributed by atoms with van der Waals surface area (Å²) in [5.74, 6) is 0. The van der Waals surface area contributed by atoms with E-state index in [0.717, 1.165) is 12.8 Å². The minimum Gasteiger partial charge on any atom is -0.358 e. The van der Waals surface area contributed by atoms with Crippen molar-refractivity contribution < 1.29 is 26.2 Å². The van der Waals surface area contributed by atoms with Gasteiger partial charge in [-0.05, 0) is 55.9 Å². The zero-order chi connectivity index (χ0) is 39.0. The second-order valence-electron chi connectivity index (χ2n) is 16.2. The number of fused-ring (bicyclic) bond motifs is 8. The van der Waals surface area contributed by atoms with Crippen LogP contribution in [-0.2, 0) is 39.0 Å². The van der Waals surface area contributed by atoms with Crippen LogP contribution in [0.3, 0.4) is 0 Å². The van der Waals surface area contributed by atoms with Gasteiger partial charge < -0.3 is 14.9 Å². The molecule has 0 atom stereocenters. The fourth-order valence-electron chi connectivity index (χ4n) is 10.5. The Kier molecular flexibility index (Phi) is 11.5. The molecule has 0 aliphatic rings. The number of hydrogen-bond acceptors (Lipinski definition) is 0. The van der Waals surface area contributed by atoms with Gasteiger partial charge in [-0.1, -0.05) is 199 Å². The molecule has 11 rings (SSSR count). The third-order valence-electron chi connectivity index (χ3n) is 13.3. The zero-order valence-electron chi connectivity index (χ0n) is 35.8. The molecule has 61 heavy (non-hydrogen) atoms. The summed E-state index contributed by atoms with van der Waals surface area (Å²) in [5, 5.41) is 20.3. The standard InChI is InChI=1S/C57H44Si.2CH3.Zr/c1-4-37-35-43-21-15-29-50(56(43)54(37)48-27-13-19-41-33-31-39-17-9-11-25-46(39)52(41)48)58(3,45-23-7-6-8-24-45)51-30-16-22-44-36-38(5-2)55(57(44)51)49-28-14-20-42-34-32-40-18-10-12-26-47(40)53(42)49;;;/h6-36H,4-5H2,1-3H3;2*1H3;/q-2;2*-1;+4. The van der Waals surface area contributed by atoms with E-state index in [9.17, 15) is 0 Å². The summed E-state index contributed by atoms with van der Waals surface area (Å²) in [7, 11) is -2.78. The summed E-state index contributed by atoms with van der Waals surface area (Å²) in [5.41, 5.74) is 8.29. The second kappa shape index (κ2) is 16.7. The third-order valence-corrected chi connectivity index (χ3v) is 17.7. The van der Waals surface area contributed by atoms with Crippen LogP contribution in [0.5, 0.6) is 0 Å². The number of benzene rings is 9. The molecule has 0 amide bonds. The first-order valence-corrected chi connectivity index (χ1v) is 23.4. The molecule has 0 aliphatic heterocycles. The van der Waals surface area contributed by atoms with Crippen LogP contribution < -0.4 is 15.6 Å². The largest absolute Gasteiger partial charge is 4.00 e. The number of rotatable bonds is 7. The first kappa shape index (κ1) is 42.0. The van der Waals surface area contributed by atoms with E-state index in [1.165, 1.54) is 114 Å². The Balaban J connectivity index is 0.00000171. The maximum Gasteiger partial charge on any atom is 4.00 e. The van der Waals surface area contributed by atoms with Crippen LogP contribution in [0.2, 0.25) is 6.55 Å². The van der Waals surface area contributed by atoms with Gasteiger partial charge in [-0.2, -0.15) is 0 Å². The van der Waals surface area contributed by atoms with E-state index < -0.39 is 8.07 Å². The smallest absolute Gasteiger partial charge is 0.358 e. The first-order chi connectivity index (χ1) is 28.6. The summed E-state index contributed by atoms with van der Waals surface area (Å²) in [6.07, 6.45) is 1.93. The van der Waals surface area contributed by atoms with Gasteiger partial charge in [0.05, 0.1) is 0 Å². The van der Waals surface area contributed by atoms with Gasteiger partial charge in [0.2, 0.25) is 0 Å². The molecular weight excluding hydrogens is 828 g/mol. The summed E-state index contributed by atoms with van der Waals surface area (Å²) >= 11 is 0. The molecule has 0 heterocycles. The van der Waals surface area contributed by atoms with Gasteiger partial charge in [0.15, 0.2) is 0 Å². The molecule has 0 nitrogen and oxygen atoms in total. The van der Waals surface area contributed by atoms with Crippen LogP contribution in [0.25, 0.3) is 86.9 Å². The Bertz CT molecular complexity index is 3180. The van der Waals surface area contributed by atoms with Gasteiger partial charge in [-0.25, -0.2) is 0 Å². The SMILES string of the molecule is CCc1[cH-]c2cccc([Si](C)(c3ccccc3)c3cccc4[cH-]c(CC)c(-c5cccc6ccc7ccccc7c56)c34)c2c1-c1cccc2ccc3ccccc3c12.[CH3-].[CH3-].[Zr+4]. The molecule has 0 bridgehead atoms. The zero-order valence-corrected chi connectivity index (χ0v) is 39.3. The quantitative estimate of drug-likeness (QED) is 0.0648. The first-order valence-electron chi connectivity index (χ1n) is 20.9. The van der Waals surface area contributed by atoms with E-state index in [4.69, 9.17) is 0 Å². The Labute approximate surface area is 381 Å². The van der Waals surface area contributed by atoms with Crippen molar-refractivity contribution in [2.45, 2.75) is 33.2 Å². The van der Waals surface area contributed by atoms with E-state index in [0.29, 0.717) is 0 Å². The van der Waals surface area contributed by atoms with Crippen molar-refractivity contribution in [2.24, 2.45) is 0 Å². The predicted molar refractivity (Wildman–Crippen MR) is 269 cm³/mol. The molecule has 0 aromatic heterocycles. The molecule has 11 aromatic rings. The summed E-state index contributed by atoms with van der Waals surface area (Å²) in [6.45, 7) is 7.28. The fourth-order valence-corrected chi connectivity index (χ4v) is 14.7. The number of hydrogen-bond donors (Lipinski definition) is 0. The van der Waals surface area contributed by atoms with Crippen molar-refractivity contribution in [1.29, 1.82) is 0 Å². The van der Waals surface area contributed by atoms with Crippen molar-refractivity contribution in [1.82, 2.24) is 0 Å². The van der Waals surface area contributed by atoms with Crippen molar-refractivity contribution in [2.75, 3.05) is 0 Å². The summed E-state index contributed by atoms with van der Waals surface area (Å²) in [4.78, 5) is 0. The molecule has 0 unspecified atom stereocenters. The Hall–Kier alpha value is -5.66. The third kappa shape index (κ3) is 6.41. The van der Waals surface area contributed by atoms with Crippen molar-refractivity contribution in [3.63, 3.8) is 0 Å². The minimum absolute atomic E-state index is 0.